The van der Waals surface area contributed by atoms with Gasteiger partial charge in [0.15, 0.2) is 5.69 Å². The number of anilines is 1. The van der Waals surface area contributed by atoms with Gasteiger partial charge in [0.2, 0.25) is 5.28 Å². The smallest absolute Gasteiger partial charge is 0.365 e. The maximum atomic E-state index is 12.5. The van der Waals surface area contributed by atoms with Crippen LogP contribution in [-0.2, 0) is 12.7 Å². The maximum Gasteiger partial charge on any atom is 0.433 e. The molecule has 0 saturated carbocycles. The first-order valence-electron chi connectivity index (χ1n) is 5.11. The molecule has 2 rings (SSSR count). The average Bonchev–Trinajstić information content (AvgIpc) is 2.71. The molecule has 19 heavy (non-hydrogen) atoms. The van der Waals surface area contributed by atoms with Gasteiger partial charge in [-0.25, -0.2) is 15.0 Å². The third-order valence-corrected chi connectivity index (χ3v) is 3.18. The minimum absolute atomic E-state index is 0.0263. The Bertz CT molecular complexity index is 584. The van der Waals surface area contributed by atoms with Crippen molar-refractivity contribution < 1.29 is 13.2 Å². The first-order valence-corrected chi connectivity index (χ1v) is 6.31. The summed E-state index contributed by atoms with van der Waals surface area (Å²) in [5.74, 6) is 0.0263. The molecule has 2 aromatic heterocycles. The molecule has 0 saturated heterocycles. The summed E-state index contributed by atoms with van der Waals surface area (Å²) in [6.45, 7) is 2.17. The second-order valence-electron chi connectivity index (χ2n) is 3.60. The minimum Gasteiger partial charge on any atom is -0.365 e. The van der Waals surface area contributed by atoms with Crippen molar-refractivity contribution in [2.45, 2.75) is 19.6 Å². The van der Waals surface area contributed by atoms with E-state index in [-0.39, 0.29) is 5.82 Å². The van der Waals surface area contributed by atoms with Gasteiger partial charge in [-0.15, -0.1) is 11.3 Å². The summed E-state index contributed by atoms with van der Waals surface area (Å²) in [4.78, 5) is 11.8. The van der Waals surface area contributed by atoms with Crippen LogP contribution >= 0.6 is 22.9 Å². The Morgan fingerprint density at radius 2 is 2.11 bits per heavy atom. The van der Waals surface area contributed by atoms with Crippen LogP contribution in [0.2, 0.25) is 5.28 Å². The highest BCUT2D eigenvalue weighted by molar-refractivity contribution is 7.11. The van der Waals surface area contributed by atoms with E-state index in [2.05, 4.69) is 20.3 Å². The van der Waals surface area contributed by atoms with Gasteiger partial charge in [0, 0.05) is 17.1 Å². The molecule has 0 aliphatic carbocycles. The predicted octanol–water partition coefficient (Wildman–Crippen LogP) is 3.53. The molecule has 0 aliphatic heterocycles. The molecule has 0 radical (unpaired) electrons. The molecule has 0 atom stereocenters. The number of aryl methyl sites for hydroxylation is 1. The summed E-state index contributed by atoms with van der Waals surface area (Å²) >= 11 is 6.92. The number of alkyl halides is 3. The summed E-state index contributed by atoms with van der Waals surface area (Å²) in [6.07, 6.45) is -2.90. The standard InChI is InChI=1S/C10H8ClF3N4S/c1-5-15-3-6(19-5)4-16-8-2-7(10(12,13)14)17-9(11)18-8/h2-3H,4H2,1H3,(H,16,17,18). The number of nitrogens with zero attached hydrogens (tertiary/aromatic N) is 3. The lowest BCUT2D eigenvalue weighted by Gasteiger charge is -2.09. The number of hydrogen-bond acceptors (Lipinski definition) is 5. The highest BCUT2D eigenvalue weighted by atomic mass is 35.5. The lowest BCUT2D eigenvalue weighted by Crippen LogP contribution is -2.11. The molecule has 2 heterocycles. The van der Waals surface area contributed by atoms with Gasteiger partial charge in [-0.3, -0.25) is 0 Å². The van der Waals surface area contributed by atoms with Gasteiger partial charge in [-0.05, 0) is 18.5 Å². The van der Waals surface area contributed by atoms with Crippen molar-refractivity contribution in [3.8, 4) is 0 Å². The molecule has 1 N–H and O–H groups in total. The van der Waals surface area contributed by atoms with Gasteiger partial charge in [0.25, 0.3) is 0 Å². The van der Waals surface area contributed by atoms with Crippen LogP contribution < -0.4 is 5.32 Å². The Labute approximate surface area is 115 Å². The van der Waals surface area contributed by atoms with Crippen LogP contribution in [0.5, 0.6) is 0 Å². The first-order chi connectivity index (χ1) is 8.84. The highest BCUT2D eigenvalue weighted by Gasteiger charge is 2.33. The molecule has 0 amide bonds. The number of hydrogen-bond donors (Lipinski definition) is 1. The van der Waals surface area contributed by atoms with E-state index < -0.39 is 17.2 Å². The van der Waals surface area contributed by atoms with Gasteiger partial charge in [0.1, 0.15) is 5.82 Å². The number of aromatic nitrogens is 3. The zero-order valence-electron chi connectivity index (χ0n) is 9.62. The number of thiazole rings is 1. The Kier molecular flexibility index (Phi) is 3.91. The summed E-state index contributed by atoms with van der Waals surface area (Å²) in [7, 11) is 0. The van der Waals surface area contributed by atoms with Gasteiger partial charge in [-0.1, -0.05) is 0 Å². The molecule has 4 nitrogen and oxygen atoms in total. The number of rotatable bonds is 3. The van der Waals surface area contributed by atoms with E-state index in [1.165, 1.54) is 11.3 Å². The van der Waals surface area contributed by atoms with E-state index in [1.54, 1.807) is 6.20 Å². The zero-order chi connectivity index (χ0) is 14.0. The fraction of sp³-hybridized carbons (Fsp3) is 0.300. The minimum atomic E-state index is -4.55. The highest BCUT2D eigenvalue weighted by Crippen LogP contribution is 2.29. The van der Waals surface area contributed by atoms with Gasteiger partial charge in [0.05, 0.1) is 11.6 Å². The van der Waals surface area contributed by atoms with Gasteiger partial charge >= 0.3 is 6.18 Å². The molecule has 0 bridgehead atoms. The largest absolute Gasteiger partial charge is 0.433 e. The molecule has 0 unspecified atom stereocenters. The van der Waals surface area contributed by atoms with Crippen LogP contribution in [0.15, 0.2) is 12.3 Å². The van der Waals surface area contributed by atoms with E-state index in [4.69, 9.17) is 11.6 Å². The predicted molar refractivity (Wildman–Crippen MR) is 66.2 cm³/mol. The topological polar surface area (TPSA) is 50.7 Å². The molecule has 9 heteroatoms. The van der Waals surface area contributed by atoms with Crippen molar-refractivity contribution in [1.29, 1.82) is 0 Å². The Hall–Kier alpha value is -1.41. The molecule has 2 aromatic rings. The Morgan fingerprint density at radius 1 is 1.37 bits per heavy atom. The number of halogens is 4. The lowest BCUT2D eigenvalue weighted by molar-refractivity contribution is -0.141. The SMILES string of the molecule is Cc1ncc(CNc2cc(C(F)(F)F)nc(Cl)n2)s1. The van der Waals surface area contributed by atoms with Crippen molar-refractivity contribution in [3.63, 3.8) is 0 Å². The average molecular weight is 309 g/mol. The van der Waals surface area contributed by atoms with Crippen molar-refractivity contribution in [1.82, 2.24) is 15.0 Å². The number of nitrogens with one attached hydrogen (secondary N) is 1. The van der Waals surface area contributed by atoms with Crippen LogP contribution in [0, 0.1) is 6.92 Å². The van der Waals surface area contributed by atoms with E-state index in [9.17, 15) is 13.2 Å². The maximum absolute atomic E-state index is 12.5. The van der Waals surface area contributed by atoms with Crippen LogP contribution in [0.3, 0.4) is 0 Å². The molecular formula is C10H8ClF3N4S. The second-order valence-corrected chi connectivity index (χ2v) is 5.26. The fourth-order valence-electron chi connectivity index (χ4n) is 1.32. The van der Waals surface area contributed by atoms with Crippen molar-refractivity contribution in [2.75, 3.05) is 5.32 Å². The molecular weight excluding hydrogens is 301 g/mol. The summed E-state index contributed by atoms with van der Waals surface area (Å²) in [5.41, 5.74) is -1.07. The van der Waals surface area contributed by atoms with Crippen LogP contribution in [0.25, 0.3) is 0 Å². The van der Waals surface area contributed by atoms with Crippen LogP contribution in [0.1, 0.15) is 15.6 Å². The molecule has 0 spiro atoms. The summed E-state index contributed by atoms with van der Waals surface area (Å²) in [5, 5.41) is 3.20. The van der Waals surface area contributed by atoms with Crippen molar-refractivity contribution in [3.05, 3.63) is 33.1 Å². The third kappa shape index (κ3) is 3.77. The van der Waals surface area contributed by atoms with Crippen LogP contribution in [-0.4, -0.2) is 15.0 Å². The summed E-state index contributed by atoms with van der Waals surface area (Å²) in [6, 6.07) is 0.819. The third-order valence-electron chi connectivity index (χ3n) is 2.10. The monoisotopic (exact) mass is 308 g/mol. The molecule has 0 fully saturated rings. The molecule has 0 aromatic carbocycles. The van der Waals surface area contributed by atoms with Crippen LogP contribution in [0.4, 0.5) is 19.0 Å². The molecule has 102 valence electrons. The Morgan fingerprint density at radius 3 is 2.68 bits per heavy atom. The van der Waals surface area contributed by atoms with Gasteiger partial charge in [-0.2, -0.15) is 13.2 Å². The van der Waals surface area contributed by atoms with Crippen molar-refractivity contribution >= 4 is 28.8 Å². The lowest BCUT2D eigenvalue weighted by atomic mass is 10.4. The van der Waals surface area contributed by atoms with E-state index in [0.717, 1.165) is 16.0 Å². The normalized spacial score (nSPS) is 11.6. The van der Waals surface area contributed by atoms with E-state index in [1.807, 2.05) is 6.92 Å². The second kappa shape index (κ2) is 5.30. The fourth-order valence-corrected chi connectivity index (χ4v) is 2.24. The van der Waals surface area contributed by atoms with E-state index in [0.29, 0.717) is 6.54 Å². The Balaban J connectivity index is 2.14. The van der Waals surface area contributed by atoms with Gasteiger partial charge < -0.3 is 5.32 Å². The molecule has 0 aliphatic rings. The first kappa shape index (κ1) is 14.0. The van der Waals surface area contributed by atoms with Crippen molar-refractivity contribution in [2.24, 2.45) is 0 Å². The summed E-state index contributed by atoms with van der Waals surface area (Å²) < 4.78 is 37.6. The zero-order valence-corrected chi connectivity index (χ0v) is 11.2. The quantitative estimate of drug-likeness (QED) is 0.881. The van der Waals surface area contributed by atoms with E-state index >= 15 is 0 Å².